The van der Waals surface area contributed by atoms with Crippen LogP contribution in [0, 0.1) is 0 Å². The quantitative estimate of drug-likeness (QED) is 0.779. The number of hydrogen-bond acceptors (Lipinski definition) is 2. The van der Waals surface area contributed by atoms with Gasteiger partial charge in [0.2, 0.25) is 0 Å². The van der Waals surface area contributed by atoms with Crippen molar-refractivity contribution in [2.24, 2.45) is 0 Å². The molecular weight excluding hydrogens is 214 g/mol. The lowest BCUT2D eigenvalue weighted by molar-refractivity contribution is 0.536. The molecule has 0 aliphatic heterocycles. The minimum Gasteiger partial charge on any atom is -0.310 e. The summed E-state index contributed by atoms with van der Waals surface area (Å²) in [5.41, 5.74) is 2.91. The lowest BCUT2D eigenvalue weighted by Crippen LogP contribution is -2.26. The summed E-state index contributed by atoms with van der Waals surface area (Å²) in [7, 11) is 0. The minimum absolute atomic E-state index is 0.609. The normalized spacial score (nSPS) is 12.7. The largest absolute Gasteiger partial charge is 0.310 e. The maximum absolute atomic E-state index is 3.60. The highest BCUT2D eigenvalue weighted by Crippen LogP contribution is 2.10. The van der Waals surface area contributed by atoms with Crippen molar-refractivity contribution in [1.82, 2.24) is 5.32 Å². The molecule has 90 valence electrons. The number of nitrogens with one attached hydrogen (secondary N) is 1. The molecule has 0 amide bonds. The topological polar surface area (TPSA) is 12.0 Å². The van der Waals surface area contributed by atoms with E-state index in [1.165, 1.54) is 23.3 Å². The predicted molar refractivity (Wildman–Crippen MR) is 75.1 cm³/mol. The van der Waals surface area contributed by atoms with Crippen LogP contribution in [0.4, 0.5) is 0 Å². The van der Waals surface area contributed by atoms with Gasteiger partial charge in [-0.15, -0.1) is 0 Å². The molecule has 1 aromatic rings. The van der Waals surface area contributed by atoms with Crippen LogP contribution in [-0.2, 0) is 13.0 Å². The summed E-state index contributed by atoms with van der Waals surface area (Å²) in [6.07, 6.45) is 4.53. The summed E-state index contributed by atoms with van der Waals surface area (Å²) < 4.78 is 0. The van der Waals surface area contributed by atoms with Crippen molar-refractivity contribution in [1.29, 1.82) is 0 Å². The van der Waals surface area contributed by atoms with Gasteiger partial charge in [-0.2, -0.15) is 11.8 Å². The van der Waals surface area contributed by atoms with Gasteiger partial charge in [0.05, 0.1) is 0 Å². The van der Waals surface area contributed by atoms with Gasteiger partial charge in [-0.25, -0.2) is 0 Å². The standard InChI is InChI=1S/C14H23NS/c1-4-13-7-5-6-8-14(13)11-15-12(2)9-10-16-3/h5-8,12,15H,4,9-11H2,1-3H3. The first-order valence-corrected chi connectivity index (χ1v) is 7.46. The van der Waals surface area contributed by atoms with Crippen LogP contribution in [0.5, 0.6) is 0 Å². The molecule has 1 aromatic carbocycles. The Kier molecular flexibility index (Phi) is 6.58. The third kappa shape index (κ3) is 4.58. The molecule has 1 nitrogen and oxygen atoms in total. The number of thioether (sulfide) groups is 1. The van der Waals surface area contributed by atoms with E-state index in [0.29, 0.717) is 6.04 Å². The maximum atomic E-state index is 3.60. The molecule has 1 unspecified atom stereocenters. The Bertz CT molecular complexity index is 299. The second kappa shape index (κ2) is 7.75. The van der Waals surface area contributed by atoms with Crippen LogP contribution in [0.25, 0.3) is 0 Å². The fourth-order valence-electron chi connectivity index (χ4n) is 1.76. The summed E-state index contributed by atoms with van der Waals surface area (Å²) in [5, 5.41) is 3.60. The van der Waals surface area contributed by atoms with Gasteiger partial charge in [0.1, 0.15) is 0 Å². The molecule has 0 fully saturated rings. The summed E-state index contributed by atoms with van der Waals surface area (Å²) in [6, 6.07) is 9.32. The van der Waals surface area contributed by atoms with Gasteiger partial charge >= 0.3 is 0 Å². The predicted octanol–water partition coefficient (Wildman–Crippen LogP) is 3.48. The zero-order valence-corrected chi connectivity index (χ0v) is 11.4. The van der Waals surface area contributed by atoms with E-state index >= 15 is 0 Å². The molecule has 0 bridgehead atoms. The molecule has 0 spiro atoms. The lowest BCUT2D eigenvalue weighted by Gasteiger charge is -2.14. The Morgan fingerprint density at radius 2 is 1.94 bits per heavy atom. The zero-order valence-electron chi connectivity index (χ0n) is 10.6. The van der Waals surface area contributed by atoms with Gasteiger partial charge in [-0.1, -0.05) is 31.2 Å². The molecule has 2 heteroatoms. The van der Waals surface area contributed by atoms with E-state index in [1.807, 2.05) is 11.8 Å². The van der Waals surface area contributed by atoms with Crippen LogP contribution in [0.3, 0.4) is 0 Å². The number of benzene rings is 1. The first-order valence-electron chi connectivity index (χ1n) is 6.07. The Balaban J connectivity index is 2.41. The molecular formula is C14H23NS. The van der Waals surface area contributed by atoms with Crippen LogP contribution >= 0.6 is 11.8 Å². The first kappa shape index (κ1) is 13.6. The molecule has 0 saturated heterocycles. The Labute approximate surface area is 104 Å². The first-order chi connectivity index (χ1) is 7.77. The van der Waals surface area contributed by atoms with Crippen LogP contribution in [-0.4, -0.2) is 18.1 Å². The highest BCUT2D eigenvalue weighted by Gasteiger charge is 2.03. The van der Waals surface area contributed by atoms with Gasteiger partial charge < -0.3 is 5.32 Å². The van der Waals surface area contributed by atoms with Crippen molar-refractivity contribution in [2.45, 2.75) is 39.3 Å². The van der Waals surface area contributed by atoms with Crippen molar-refractivity contribution in [3.63, 3.8) is 0 Å². The Hall–Kier alpha value is -0.470. The molecule has 0 aliphatic rings. The van der Waals surface area contributed by atoms with E-state index < -0.39 is 0 Å². The van der Waals surface area contributed by atoms with Gasteiger partial charge in [0.25, 0.3) is 0 Å². The smallest absolute Gasteiger partial charge is 0.0210 e. The third-order valence-electron chi connectivity index (χ3n) is 2.90. The average molecular weight is 237 g/mol. The molecule has 1 atom stereocenters. The van der Waals surface area contributed by atoms with Gasteiger partial charge in [0, 0.05) is 12.6 Å². The van der Waals surface area contributed by atoms with Crippen molar-refractivity contribution < 1.29 is 0 Å². The number of aryl methyl sites for hydroxylation is 1. The fraction of sp³-hybridized carbons (Fsp3) is 0.571. The van der Waals surface area contributed by atoms with Crippen molar-refractivity contribution in [3.05, 3.63) is 35.4 Å². The molecule has 0 radical (unpaired) electrons. The minimum atomic E-state index is 0.609. The average Bonchev–Trinajstić information content (AvgIpc) is 2.34. The Morgan fingerprint density at radius 1 is 1.25 bits per heavy atom. The van der Waals surface area contributed by atoms with Crippen LogP contribution in [0.1, 0.15) is 31.4 Å². The summed E-state index contributed by atoms with van der Waals surface area (Å²) in [5.74, 6) is 1.24. The van der Waals surface area contributed by atoms with E-state index in [-0.39, 0.29) is 0 Å². The third-order valence-corrected chi connectivity index (χ3v) is 3.54. The van der Waals surface area contributed by atoms with Gasteiger partial charge in [-0.3, -0.25) is 0 Å². The van der Waals surface area contributed by atoms with E-state index in [2.05, 4.69) is 49.7 Å². The van der Waals surface area contributed by atoms with Crippen LogP contribution in [0.15, 0.2) is 24.3 Å². The van der Waals surface area contributed by atoms with Crippen LogP contribution in [0.2, 0.25) is 0 Å². The number of rotatable bonds is 7. The van der Waals surface area contributed by atoms with E-state index in [9.17, 15) is 0 Å². The van der Waals surface area contributed by atoms with Crippen molar-refractivity contribution >= 4 is 11.8 Å². The van der Waals surface area contributed by atoms with E-state index in [1.54, 1.807) is 0 Å². The lowest BCUT2D eigenvalue weighted by atomic mass is 10.1. The summed E-state index contributed by atoms with van der Waals surface area (Å²) in [4.78, 5) is 0. The molecule has 16 heavy (non-hydrogen) atoms. The molecule has 1 N–H and O–H groups in total. The second-order valence-electron chi connectivity index (χ2n) is 4.19. The highest BCUT2D eigenvalue weighted by molar-refractivity contribution is 7.98. The molecule has 1 rings (SSSR count). The van der Waals surface area contributed by atoms with Gasteiger partial charge in [0.15, 0.2) is 0 Å². The highest BCUT2D eigenvalue weighted by atomic mass is 32.2. The summed E-state index contributed by atoms with van der Waals surface area (Å²) >= 11 is 1.92. The van der Waals surface area contributed by atoms with Crippen molar-refractivity contribution in [2.75, 3.05) is 12.0 Å². The van der Waals surface area contributed by atoms with Crippen LogP contribution < -0.4 is 5.32 Å². The Morgan fingerprint density at radius 3 is 2.56 bits per heavy atom. The zero-order chi connectivity index (χ0) is 11.8. The van der Waals surface area contributed by atoms with Crippen molar-refractivity contribution in [3.8, 4) is 0 Å². The molecule has 0 saturated carbocycles. The number of hydrogen-bond donors (Lipinski definition) is 1. The molecule has 0 heterocycles. The van der Waals surface area contributed by atoms with Gasteiger partial charge in [-0.05, 0) is 42.9 Å². The van der Waals surface area contributed by atoms with E-state index in [0.717, 1.165) is 13.0 Å². The molecule has 0 aromatic heterocycles. The summed E-state index contributed by atoms with van der Waals surface area (Å²) in [6.45, 7) is 5.49. The molecule has 0 aliphatic carbocycles. The maximum Gasteiger partial charge on any atom is 0.0210 e. The second-order valence-corrected chi connectivity index (χ2v) is 5.17. The SMILES string of the molecule is CCc1ccccc1CNC(C)CCSC. The van der Waals surface area contributed by atoms with E-state index in [4.69, 9.17) is 0 Å². The fourth-order valence-corrected chi connectivity index (χ4v) is 2.34. The monoisotopic (exact) mass is 237 g/mol.